The van der Waals surface area contributed by atoms with Gasteiger partial charge in [0.1, 0.15) is 18.0 Å². The van der Waals surface area contributed by atoms with Crippen molar-refractivity contribution >= 4 is 17.9 Å². The fourth-order valence-electron chi connectivity index (χ4n) is 2.84. The number of esters is 1. The molecule has 4 N–H and O–H groups in total. The van der Waals surface area contributed by atoms with Crippen LogP contribution in [0.5, 0.6) is 0 Å². The maximum absolute atomic E-state index is 12.8. The first-order chi connectivity index (χ1) is 11.8. The van der Waals surface area contributed by atoms with Crippen LogP contribution in [0.2, 0.25) is 0 Å². The molecule has 0 aromatic carbocycles. The second-order valence-electron chi connectivity index (χ2n) is 6.43. The van der Waals surface area contributed by atoms with Crippen LogP contribution in [-0.2, 0) is 20.0 Å². The number of nitrogen functional groups attached to an aromatic ring is 1. The molecule has 1 aliphatic heterocycles. The highest BCUT2D eigenvalue weighted by atomic mass is 16.6. The average Bonchev–Trinajstić information content (AvgIpc) is 3.37. The molecule has 1 saturated heterocycles. The minimum Gasteiger partial charge on any atom is -0.462 e. The first-order valence-electron chi connectivity index (χ1n) is 8.04. The van der Waals surface area contributed by atoms with Gasteiger partial charge in [0.05, 0.1) is 12.7 Å². The number of aliphatic hydroxyl groups is 2. The monoisotopic (exact) mass is 351 g/mol. The van der Waals surface area contributed by atoms with Crippen molar-refractivity contribution in [3.05, 3.63) is 28.8 Å². The van der Waals surface area contributed by atoms with Gasteiger partial charge in [-0.25, -0.2) is 9.59 Å². The van der Waals surface area contributed by atoms with Gasteiger partial charge in [0.25, 0.3) is 5.72 Å². The van der Waals surface area contributed by atoms with Crippen molar-refractivity contribution in [2.75, 3.05) is 12.3 Å². The maximum Gasteiger partial charge on any atom is 0.363 e. The first-order valence-corrected chi connectivity index (χ1v) is 8.04. The number of nitrogens with zero attached hydrogens (tertiary/aromatic N) is 2. The Kier molecular flexibility index (Phi) is 4.40. The Hall–Kier alpha value is -2.23. The Morgan fingerprint density at radius 3 is 2.80 bits per heavy atom. The number of hydrogen-bond donors (Lipinski definition) is 3. The molecule has 9 heteroatoms. The Labute approximate surface area is 143 Å². The molecule has 1 aromatic rings. The van der Waals surface area contributed by atoms with Crippen LogP contribution in [-0.4, -0.2) is 50.7 Å². The fraction of sp³-hybridized carbons (Fsp3) is 0.562. The zero-order valence-corrected chi connectivity index (χ0v) is 13.8. The van der Waals surface area contributed by atoms with Gasteiger partial charge in [0.2, 0.25) is 0 Å². The Morgan fingerprint density at radius 2 is 2.28 bits per heavy atom. The highest BCUT2D eigenvalue weighted by Crippen LogP contribution is 2.37. The second-order valence-corrected chi connectivity index (χ2v) is 6.43. The molecule has 136 valence electrons. The summed E-state index contributed by atoms with van der Waals surface area (Å²) in [5.74, 6) is -0.760. The molecule has 1 aliphatic carbocycles. The smallest absolute Gasteiger partial charge is 0.363 e. The molecule has 25 heavy (non-hydrogen) atoms. The van der Waals surface area contributed by atoms with E-state index < -0.39 is 35.7 Å². The van der Waals surface area contributed by atoms with Gasteiger partial charge in [-0.2, -0.15) is 4.98 Å². The SMILES string of the molecule is C=Cc1cn([C@]2(C(=O)OCC3CC3)O[C@H](C)[C@@H](O)[C@H]2O)c(=O)nc1N. The molecule has 0 unspecified atom stereocenters. The molecule has 0 bridgehead atoms. The van der Waals surface area contributed by atoms with Crippen LogP contribution in [0.1, 0.15) is 25.3 Å². The normalized spacial score (nSPS) is 31.7. The highest BCUT2D eigenvalue weighted by Gasteiger charge is 2.61. The van der Waals surface area contributed by atoms with Crippen molar-refractivity contribution in [1.82, 2.24) is 9.55 Å². The first kappa shape index (κ1) is 17.6. The third-order valence-corrected chi connectivity index (χ3v) is 4.57. The zero-order chi connectivity index (χ0) is 18.4. The predicted molar refractivity (Wildman–Crippen MR) is 87.2 cm³/mol. The summed E-state index contributed by atoms with van der Waals surface area (Å²) in [4.78, 5) is 28.8. The zero-order valence-electron chi connectivity index (χ0n) is 13.8. The van der Waals surface area contributed by atoms with Gasteiger partial charge in [-0.05, 0) is 25.7 Å². The van der Waals surface area contributed by atoms with Crippen molar-refractivity contribution in [2.45, 2.75) is 43.8 Å². The van der Waals surface area contributed by atoms with Crippen LogP contribution in [0.4, 0.5) is 5.82 Å². The summed E-state index contributed by atoms with van der Waals surface area (Å²) < 4.78 is 11.6. The highest BCUT2D eigenvalue weighted by molar-refractivity contribution is 5.79. The van der Waals surface area contributed by atoms with Crippen molar-refractivity contribution in [3.8, 4) is 0 Å². The van der Waals surface area contributed by atoms with Gasteiger partial charge < -0.3 is 25.4 Å². The van der Waals surface area contributed by atoms with Gasteiger partial charge in [-0.15, -0.1) is 0 Å². The molecule has 2 aliphatic rings. The summed E-state index contributed by atoms with van der Waals surface area (Å²) in [5.41, 5.74) is 2.78. The third-order valence-electron chi connectivity index (χ3n) is 4.57. The fourth-order valence-corrected chi connectivity index (χ4v) is 2.84. The predicted octanol–water partition coefficient (Wildman–Crippen LogP) is -0.785. The summed E-state index contributed by atoms with van der Waals surface area (Å²) in [5, 5.41) is 20.6. The van der Waals surface area contributed by atoms with Crippen LogP contribution >= 0.6 is 0 Å². The summed E-state index contributed by atoms with van der Waals surface area (Å²) in [6.45, 7) is 5.21. The second kappa shape index (κ2) is 6.25. The largest absolute Gasteiger partial charge is 0.462 e. The van der Waals surface area contributed by atoms with E-state index in [1.54, 1.807) is 0 Å². The Morgan fingerprint density at radius 1 is 1.60 bits per heavy atom. The van der Waals surface area contributed by atoms with E-state index in [0.29, 0.717) is 0 Å². The topological polar surface area (TPSA) is 137 Å². The van der Waals surface area contributed by atoms with Crippen molar-refractivity contribution in [2.24, 2.45) is 5.92 Å². The van der Waals surface area contributed by atoms with Gasteiger partial charge >= 0.3 is 11.7 Å². The van der Waals surface area contributed by atoms with E-state index >= 15 is 0 Å². The van der Waals surface area contributed by atoms with Gasteiger partial charge in [-0.1, -0.05) is 12.7 Å². The summed E-state index contributed by atoms with van der Waals surface area (Å²) in [7, 11) is 0. The molecule has 0 radical (unpaired) electrons. The van der Waals surface area contributed by atoms with E-state index in [-0.39, 0.29) is 23.9 Å². The van der Waals surface area contributed by atoms with Gasteiger partial charge in [-0.3, -0.25) is 4.57 Å². The number of carbonyl (C=O) groups is 1. The van der Waals surface area contributed by atoms with E-state index in [9.17, 15) is 19.8 Å². The number of rotatable bonds is 5. The number of anilines is 1. The molecule has 1 aromatic heterocycles. The van der Waals surface area contributed by atoms with Crippen LogP contribution in [0.25, 0.3) is 6.08 Å². The van der Waals surface area contributed by atoms with E-state index in [1.165, 1.54) is 19.2 Å². The third kappa shape index (κ3) is 2.84. The van der Waals surface area contributed by atoms with E-state index in [0.717, 1.165) is 17.4 Å². The molecular weight excluding hydrogens is 330 g/mol. The van der Waals surface area contributed by atoms with Gasteiger partial charge in [0, 0.05) is 11.8 Å². The minimum atomic E-state index is -2.23. The summed E-state index contributed by atoms with van der Waals surface area (Å²) >= 11 is 0. The van der Waals surface area contributed by atoms with Gasteiger partial charge in [0.15, 0.2) is 0 Å². The van der Waals surface area contributed by atoms with E-state index in [1.807, 2.05) is 0 Å². The molecule has 0 spiro atoms. The van der Waals surface area contributed by atoms with Crippen LogP contribution in [0.3, 0.4) is 0 Å². The molecule has 0 amide bonds. The Balaban J connectivity index is 2.10. The minimum absolute atomic E-state index is 0.0705. The lowest BCUT2D eigenvalue weighted by Crippen LogP contribution is -2.56. The number of ether oxygens (including phenoxy) is 2. The number of aromatic nitrogens is 2. The summed E-state index contributed by atoms with van der Waals surface area (Å²) in [6, 6.07) is 0. The van der Waals surface area contributed by atoms with E-state index in [4.69, 9.17) is 15.2 Å². The maximum atomic E-state index is 12.8. The molecule has 4 atom stereocenters. The van der Waals surface area contributed by atoms with Crippen molar-refractivity contribution in [1.29, 1.82) is 0 Å². The standard InChI is InChI=1S/C16H21N3O6/c1-3-10-6-19(15(23)18-13(10)17)16(12(21)11(20)8(2)25-16)14(22)24-7-9-4-5-9/h3,6,8-9,11-12,20-21H,1,4-5,7H2,2H3,(H2,17,18,23)/t8-,11-,12-,16+/m1/s1. The van der Waals surface area contributed by atoms with Crippen LogP contribution in [0.15, 0.2) is 17.6 Å². The summed E-state index contributed by atoms with van der Waals surface area (Å²) in [6.07, 6.45) is 0.465. The molecule has 2 fully saturated rings. The number of nitrogens with two attached hydrogens (primary N) is 1. The lowest BCUT2D eigenvalue weighted by molar-refractivity contribution is -0.200. The lowest BCUT2D eigenvalue weighted by atomic mass is 10.0. The quantitative estimate of drug-likeness (QED) is 0.587. The van der Waals surface area contributed by atoms with E-state index in [2.05, 4.69) is 11.6 Å². The lowest BCUT2D eigenvalue weighted by Gasteiger charge is -2.31. The molecule has 2 heterocycles. The number of carbonyl (C=O) groups excluding carboxylic acids is 1. The van der Waals surface area contributed by atoms with Crippen molar-refractivity contribution in [3.63, 3.8) is 0 Å². The average molecular weight is 351 g/mol. The molecule has 3 rings (SSSR count). The van der Waals surface area contributed by atoms with Crippen LogP contribution < -0.4 is 11.4 Å². The molecule has 1 saturated carbocycles. The van der Waals surface area contributed by atoms with Crippen LogP contribution in [0, 0.1) is 5.92 Å². The molecular formula is C16H21N3O6. The molecule has 9 nitrogen and oxygen atoms in total. The number of hydrogen-bond acceptors (Lipinski definition) is 8. The van der Waals surface area contributed by atoms with Crippen molar-refractivity contribution < 1.29 is 24.5 Å². The number of aliphatic hydroxyl groups excluding tert-OH is 2. The Bertz CT molecular complexity index is 759.